The molecule has 100 valence electrons. The normalized spacial score (nSPS) is 19.4. The second-order valence-corrected chi connectivity index (χ2v) is 9.28. The van der Waals surface area contributed by atoms with E-state index in [9.17, 15) is 0 Å². The molecule has 2 unspecified atom stereocenters. The Hall–Kier alpha value is 0.556. The van der Waals surface area contributed by atoms with Crippen molar-refractivity contribution in [3.8, 4) is 0 Å². The van der Waals surface area contributed by atoms with E-state index in [1.165, 1.54) is 25.7 Å². The maximum absolute atomic E-state index is 2.44. The molecule has 0 aromatic carbocycles. The van der Waals surface area contributed by atoms with Crippen LogP contribution in [0.2, 0.25) is 3.97 Å². The fraction of sp³-hybridized carbons (Fsp3) is 1.00. The van der Waals surface area contributed by atoms with Crippen LogP contribution in [0.5, 0.6) is 0 Å². The summed E-state index contributed by atoms with van der Waals surface area (Å²) in [6, 6.07) is 1.41. The van der Waals surface area contributed by atoms with Crippen molar-refractivity contribution in [3.63, 3.8) is 0 Å². The van der Waals surface area contributed by atoms with Gasteiger partial charge in [-0.1, -0.05) is 0 Å². The molecule has 17 heavy (non-hydrogen) atoms. The van der Waals surface area contributed by atoms with E-state index in [4.69, 9.17) is 0 Å². The Balaban J connectivity index is 3.95. The summed E-state index contributed by atoms with van der Waals surface area (Å²) in [5.41, 5.74) is 0. The Morgan fingerprint density at radius 1 is 0.882 bits per heavy atom. The second kappa shape index (κ2) is 7.87. The van der Waals surface area contributed by atoms with Crippen LogP contribution in [0, 0.1) is 0 Å². The van der Waals surface area contributed by atoms with E-state index in [1.54, 1.807) is 0 Å². The first kappa shape index (κ1) is 17.6. The zero-order valence-electron chi connectivity index (χ0n) is 13.0. The number of hydrogen-bond acceptors (Lipinski definition) is 2. The molecule has 0 saturated heterocycles. The average molecular weight is 297 g/mol. The first-order valence-electron chi connectivity index (χ1n) is 6.77. The molecule has 0 aromatic rings. The Morgan fingerprint density at radius 2 is 1.18 bits per heavy atom. The third kappa shape index (κ3) is 8.30. The molecule has 0 heterocycles. The van der Waals surface area contributed by atoms with Crippen molar-refractivity contribution < 1.29 is 0 Å². The van der Waals surface area contributed by atoms with Crippen LogP contribution in [0.4, 0.5) is 0 Å². The van der Waals surface area contributed by atoms with Gasteiger partial charge in [0.1, 0.15) is 0 Å². The van der Waals surface area contributed by atoms with Gasteiger partial charge < -0.3 is 0 Å². The first-order valence-corrected chi connectivity index (χ1v) is 7.98. The third-order valence-electron chi connectivity index (χ3n) is 4.03. The van der Waals surface area contributed by atoms with Crippen LogP contribution < -0.4 is 0 Å². The Labute approximate surface area is 119 Å². The molecule has 2 nitrogen and oxygen atoms in total. The van der Waals surface area contributed by atoms with E-state index in [-0.39, 0.29) is 0 Å². The summed E-state index contributed by atoms with van der Waals surface area (Å²) in [5, 5.41) is 0. The van der Waals surface area contributed by atoms with Crippen LogP contribution in [0.1, 0.15) is 46.5 Å². The Morgan fingerprint density at radius 3 is 1.41 bits per heavy atom. The molecule has 0 aliphatic rings. The van der Waals surface area contributed by atoms with E-state index >= 15 is 0 Å². The van der Waals surface area contributed by atoms with Gasteiger partial charge in [0.2, 0.25) is 0 Å². The molecule has 3 heteroatoms. The number of hydrogen-bond donors (Lipinski definition) is 0. The first-order chi connectivity index (χ1) is 7.65. The topological polar surface area (TPSA) is 6.48 Å². The fourth-order valence-electron chi connectivity index (χ4n) is 1.72. The van der Waals surface area contributed by atoms with E-state index < -0.39 is 0 Å². The molecule has 0 spiro atoms. The van der Waals surface area contributed by atoms with E-state index in [2.05, 4.69) is 58.8 Å². The third-order valence-corrected chi connectivity index (χ3v) is 5.24. The SMILES string of the molecule is CC(CC[C](C)([Ga])CCC(C)N(C)C)N(C)C. The molecule has 0 aromatic heterocycles. The summed E-state index contributed by atoms with van der Waals surface area (Å²) in [4.78, 5) is 4.65. The summed E-state index contributed by atoms with van der Waals surface area (Å²) in [5.74, 6) is 0. The summed E-state index contributed by atoms with van der Waals surface area (Å²) in [6.07, 6.45) is 5.34. The fourth-order valence-corrected chi connectivity index (χ4v) is 2.42. The van der Waals surface area contributed by atoms with Gasteiger partial charge in [0, 0.05) is 0 Å². The van der Waals surface area contributed by atoms with Crippen LogP contribution in [0.3, 0.4) is 0 Å². The van der Waals surface area contributed by atoms with Crippen LogP contribution >= 0.6 is 0 Å². The minimum atomic E-state index is 0.543. The van der Waals surface area contributed by atoms with Crippen molar-refractivity contribution in [2.75, 3.05) is 28.2 Å². The van der Waals surface area contributed by atoms with Crippen molar-refractivity contribution >= 4 is 18.6 Å². The summed E-state index contributed by atoms with van der Waals surface area (Å²) in [6.45, 7) is 7.09. The molecule has 0 fully saturated rings. The quantitative estimate of drug-likeness (QED) is 0.636. The van der Waals surface area contributed by atoms with Crippen LogP contribution in [-0.4, -0.2) is 68.7 Å². The zero-order valence-corrected chi connectivity index (χ0v) is 15.4. The number of rotatable bonds is 8. The molecule has 0 aliphatic heterocycles. The van der Waals surface area contributed by atoms with Crippen molar-refractivity contribution in [1.29, 1.82) is 0 Å². The van der Waals surface area contributed by atoms with Gasteiger partial charge in [0.05, 0.1) is 0 Å². The predicted molar refractivity (Wildman–Crippen MR) is 78.9 cm³/mol. The van der Waals surface area contributed by atoms with Gasteiger partial charge in [-0.25, -0.2) is 0 Å². The van der Waals surface area contributed by atoms with Crippen molar-refractivity contribution in [1.82, 2.24) is 9.80 Å². The van der Waals surface area contributed by atoms with Crippen molar-refractivity contribution in [3.05, 3.63) is 0 Å². The summed E-state index contributed by atoms with van der Waals surface area (Å²) < 4.78 is 0.543. The maximum atomic E-state index is 2.44. The Bertz CT molecular complexity index is 182. The molecule has 0 bridgehead atoms. The molecule has 0 rings (SSSR count). The molecule has 2 radical (unpaired) electrons. The van der Waals surface area contributed by atoms with Crippen molar-refractivity contribution in [2.24, 2.45) is 0 Å². The molecular weight excluding hydrogens is 266 g/mol. The molecule has 0 amide bonds. The van der Waals surface area contributed by atoms with Crippen LogP contribution in [0.25, 0.3) is 0 Å². The molecule has 2 atom stereocenters. The van der Waals surface area contributed by atoms with E-state index in [0.717, 1.165) is 0 Å². The molecule has 0 N–H and O–H groups in total. The zero-order chi connectivity index (χ0) is 13.6. The van der Waals surface area contributed by atoms with E-state index in [1.807, 2.05) is 18.6 Å². The van der Waals surface area contributed by atoms with Crippen LogP contribution in [-0.2, 0) is 0 Å². The number of nitrogens with zero attached hydrogens (tertiary/aromatic N) is 2. The van der Waals surface area contributed by atoms with Gasteiger partial charge >= 0.3 is 119 Å². The Kier molecular flexibility index (Phi) is 8.13. The predicted octanol–water partition coefficient (Wildman–Crippen LogP) is 2.79. The molecule has 0 aliphatic carbocycles. The summed E-state index contributed by atoms with van der Waals surface area (Å²) >= 11 is 1.92. The van der Waals surface area contributed by atoms with E-state index in [0.29, 0.717) is 16.1 Å². The van der Waals surface area contributed by atoms with Crippen molar-refractivity contribution in [2.45, 2.75) is 62.5 Å². The average Bonchev–Trinajstić information content (AvgIpc) is 2.22. The second-order valence-electron chi connectivity index (χ2n) is 6.36. The standard InChI is InChI=1S/C14H31N2.Ga/c1-12(8-10-13(2)15(4)5)9-11-14(3)16(6)7;/h13-14H,8-11H2,1-7H3;. The van der Waals surface area contributed by atoms with Crippen LogP contribution in [0.15, 0.2) is 0 Å². The van der Waals surface area contributed by atoms with Gasteiger partial charge in [-0.05, 0) is 0 Å². The van der Waals surface area contributed by atoms with Gasteiger partial charge in [0.25, 0.3) is 0 Å². The van der Waals surface area contributed by atoms with Gasteiger partial charge in [-0.15, -0.1) is 0 Å². The monoisotopic (exact) mass is 296 g/mol. The molecule has 0 saturated carbocycles. The van der Waals surface area contributed by atoms with Gasteiger partial charge in [-0.2, -0.15) is 0 Å². The van der Waals surface area contributed by atoms with Gasteiger partial charge in [0.15, 0.2) is 0 Å². The minimum absolute atomic E-state index is 0.543. The summed E-state index contributed by atoms with van der Waals surface area (Å²) in [7, 11) is 8.71. The molecular formula is C14H31GaN2. The van der Waals surface area contributed by atoms with Gasteiger partial charge in [-0.3, -0.25) is 0 Å².